The topological polar surface area (TPSA) is 20.2 Å². The molecule has 0 aliphatic carbocycles. The van der Waals surface area contributed by atoms with E-state index in [1.165, 1.54) is 0 Å². The van der Waals surface area contributed by atoms with Gasteiger partial charge in [0, 0.05) is 14.5 Å². The lowest BCUT2D eigenvalue weighted by molar-refractivity contribution is 0.168. The number of rotatable bonds is 4. The molecule has 0 heterocycles. The molecule has 2 rings (SSSR count). The summed E-state index contributed by atoms with van der Waals surface area (Å²) in [5, 5.41) is 11.5. The second-order valence-electron chi connectivity index (χ2n) is 4.38. The van der Waals surface area contributed by atoms with Crippen molar-refractivity contribution in [3.05, 3.63) is 68.1 Å². The maximum atomic E-state index is 10.2. The summed E-state index contributed by atoms with van der Waals surface area (Å²) < 4.78 is 0.876. The highest BCUT2D eigenvalue weighted by Gasteiger charge is 2.09. The zero-order valence-electron chi connectivity index (χ0n) is 10.1. The monoisotopic (exact) mass is 358 g/mol. The van der Waals surface area contributed by atoms with Crippen molar-refractivity contribution >= 4 is 39.1 Å². The summed E-state index contributed by atoms with van der Waals surface area (Å²) >= 11 is 15.2. The molecule has 0 saturated carbocycles. The lowest BCUT2D eigenvalue weighted by Crippen LogP contribution is -2.00. The van der Waals surface area contributed by atoms with Crippen molar-refractivity contribution in [3.63, 3.8) is 0 Å². The van der Waals surface area contributed by atoms with Crippen molar-refractivity contribution < 1.29 is 5.11 Å². The third-order valence-electron chi connectivity index (χ3n) is 2.89. The van der Waals surface area contributed by atoms with E-state index in [0.717, 1.165) is 27.0 Å². The number of benzene rings is 2. The highest BCUT2D eigenvalue weighted by molar-refractivity contribution is 9.10. The van der Waals surface area contributed by atoms with Gasteiger partial charge in [-0.2, -0.15) is 0 Å². The van der Waals surface area contributed by atoms with E-state index in [2.05, 4.69) is 15.9 Å². The van der Waals surface area contributed by atoms with Crippen LogP contribution in [0.2, 0.25) is 10.0 Å². The van der Waals surface area contributed by atoms with E-state index in [-0.39, 0.29) is 0 Å². The van der Waals surface area contributed by atoms with Gasteiger partial charge in [-0.3, -0.25) is 0 Å². The predicted octanol–water partition coefficient (Wildman–Crippen LogP) is 5.42. The lowest BCUT2D eigenvalue weighted by Gasteiger charge is -2.12. The Labute approximate surface area is 131 Å². The number of hydrogen-bond acceptors (Lipinski definition) is 1. The molecule has 0 aliphatic rings. The van der Waals surface area contributed by atoms with Gasteiger partial charge in [0.2, 0.25) is 0 Å². The van der Waals surface area contributed by atoms with Crippen LogP contribution in [0.25, 0.3) is 0 Å². The summed E-state index contributed by atoms with van der Waals surface area (Å²) in [6, 6.07) is 13.2. The molecule has 1 nitrogen and oxygen atoms in total. The largest absolute Gasteiger partial charge is 0.388 e. The van der Waals surface area contributed by atoms with Gasteiger partial charge in [0.05, 0.1) is 6.10 Å². The summed E-state index contributed by atoms with van der Waals surface area (Å²) in [5.74, 6) is 0. The molecule has 0 spiro atoms. The highest BCUT2D eigenvalue weighted by Crippen LogP contribution is 2.26. The molecule has 4 heteroatoms. The van der Waals surface area contributed by atoms with Crippen LogP contribution in [0.5, 0.6) is 0 Å². The molecule has 0 amide bonds. The molecule has 0 radical (unpaired) electrons. The van der Waals surface area contributed by atoms with Gasteiger partial charge in [0.15, 0.2) is 0 Å². The Hall–Kier alpha value is -0.540. The zero-order valence-corrected chi connectivity index (χ0v) is 13.2. The molecule has 2 aromatic rings. The fourth-order valence-corrected chi connectivity index (χ4v) is 2.90. The molecule has 1 atom stereocenters. The Kier molecular flexibility index (Phi) is 5.28. The lowest BCUT2D eigenvalue weighted by atomic mass is 10.0. The van der Waals surface area contributed by atoms with Crippen molar-refractivity contribution in [2.24, 2.45) is 0 Å². The second-order valence-corrected chi connectivity index (χ2v) is 6.17. The first-order valence-electron chi connectivity index (χ1n) is 5.93. The Morgan fingerprint density at radius 1 is 1.00 bits per heavy atom. The van der Waals surface area contributed by atoms with Crippen molar-refractivity contribution in [1.29, 1.82) is 0 Å². The maximum Gasteiger partial charge on any atom is 0.0794 e. The van der Waals surface area contributed by atoms with Gasteiger partial charge < -0.3 is 5.11 Å². The van der Waals surface area contributed by atoms with Crippen LogP contribution in [0, 0.1) is 0 Å². The summed E-state index contributed by atoms with van der Waals surface area (Å²) in [4.78, 5) is 0. The van der Waals surface area contributed by atoms with Crippen LogP contribution in [-0.2, 0) is 6.42 Å². The van der Waals surface area contributed by atoms with Crippen LogP contribution in [0.4, 0.5) is 0 Å². The molecule has 19 heavy (non-hydrogen) atoms. The van der Waals surface area contributed by atoms with Crippen LogP contribution in [0.3, 0.4) is 0 Å². The van der Waals surface area contributed by atoms with E-state index >= 15 is 0 Å². The van der Waals surface area contributed by atoms with Crippen LogP contribution in [0.15, 0.2) is 46.9 Å². The van der Waals surface area contributed by atoms with Gasteiger partial charge in [-0.15, -0.1) is 0 Å². The van der Waals surface area contributed by atoms with E-state index in [4.69, 9.17) is 23.2 Å². The molecule has 1 N–H and O–H groups in total. The molecule has 0 aliphatic heterocycles. The summed E-state index contributed by atoms with van der Waals surface area (Å²) in [6.45, 7) is 0. The van der Waals surface area contributed by atoms with Crippen molar-refractivity contribution in [2.75, 3.05) is 0 Å². The first-order chi connectivity index (χ1) is 9.04. The van der Waals surface area contributed by atoms with E-state index in [1.54, 1.807) is 12.1 Å². The first kappa shape index (κ1) is 14.9. The minimum absolute atomic E-state index is 0.523. The minimum atomic E-state index is -0.523. The Morgan fingerprint density at radius 3 is 2.32 bits per heavy atom. The van der Waals surface area contributed by atoms with Crippen LogP contribution < -0.4 is 0 Å². The summed E-state index contributed by atoms with van der Waals surface area (Å²) in [5.41, 5.74) is 1.98. The number of aryl methyl sites for hydroxylation is 1. The molecule has 0 aromatic heterocycles. The van der Waals surface area contributed by atoms with Crippen LogP contribution in [-0.4, -0.2) is 5.11 Å². The van der Waals surface area contributed by atoms with Crippen molar-refractivity contribution in [2.45, 2.75) is 18.9 Å². The maximum absolute atomic E-state index is 10.2. The third kappa shape index (κ3) is 4.50. The second kappa shape index (κ2) is 6.76. The minimum Gasteiger partial charge on any atom is -0.388 e. The van der Waals surface area contributed by atoms with Crippen molar-refractivity contribution in [3.8, 4) is 0 Å². The van der Waals surface area contributed by atoms with Crippen molar-refractivity contribution in [1.82, 2.24) is 0 Å². The van der Waals surface area contributed by atoms with Crippen LogP contribution >= 0.6 is 39.1 Å². The molecule has 100 valence electrons. The van der Waals surface area contributed by atoms with Gasteiger partial charge in [-0.05, 0) is 54.3 Å². The van der Waals surface area contributed by atoms with Gasteiger partial charge in [-0.25, -0.2) is 0 Å². The Morgan fingerprint density at radius 2 is 1.68 bits per heavy atom. The average molecular weight is 360 g/mol. The summed E-state index contributed by atoms with van der Waals surface area (Å²) in [7, 11) is 0. The Bertz CT molecular complexity index is 534. The van der Waals surface area contributed by atoms with Gasteiger partial charge in [0.1, 0.15) is 0 Å². The van der Waals surface area contributed by atoms with Crippen LogP contribution in [0.1, 0.15) is 23.7 Å². The molecule has 0 bridgehead atoms. The molecular formula is C15H13BrCl2O. The predicted molar refractivity (Wildman–Crippen MR) is 83.9 cm³/mol. The standard InChI is InChI=1S/C15H13BrCl2O/c16-12-7-11(8-14(18)9-12)15(19)6-3-10-1-4-13(17)5-2-10/h1-2,4-5,7-9,15,19H,3,6H2. The quantitative estimate of drug-likeness (QED) is 0.772. The highest BCUT2D eigenvalue weighted by atomic mass is 79.9. The Balaban J connectivity index is 2.00. The number of aliphatic hydroxyl groups excluding tert-OH is 1. The number of hydrogen-bond donors (Lipinski definition) is 1. The SMILES string of the molecule is OC(CCc1ccc(Cl)cc1)c1cc(Cl)cc(Br)c1. The third-order valence-corrected chi connectivity index (χ3v) is 3.82. The van der Waals surface area contributed by atoms with Gasteiger partial charge in [-0.1, -0.05) is 51.3 Å². The normalized spacial score (nSPS) is 12.4. The molecule has 1 unspecified atom stereocenters. The fourth-order valence-electron chi connectivity index (χ4n) is 1.89. The summed E-state index contributed by atoms with van der Waals surface area (Å²) in [6.07, 6.45) is 0.919. The average Bonchev–Trinajstić information content (AvgIpc) is 2.36. The number of halogens is 3. The van der Waals surface area contributed by atoms with E-state index in [9.17, 15) is 5.11 Å². The fraction of sp³-hybridized carbons (Fsp3) is 0.200. The number of aliphatic hydroxyl groups is 1. The van der Waals surface area contributed by atoms with Gasteiger partial charge in [0.25, 0.3) is 0 Å². The van der Waals surface area contributed by atoms with E-state index < -0.39 is 6.10 Å². The first-order valence-corrected chi connectivity index (χ1v) is 7.48. The molecular weight excluding hydrogens is 347 g/mol. The van der Waals surface area contributed by atoms with E-state index in [0.29, 0.717) is 11.4 Å². The van der Waals surface area contributed by atoms with Gasteiger partial charge >= 0.3 is 0 Å². The molecule has 0 saturated heterocycles. The zero-order chi connectivity index (χ0) is 13.8. The molecule has 2 aromatic carbocycles. The smallest absolute Gasteiger partial charge is 0.0794 e. The molecule has 0 fully saturated rings. The van der Waals surface area contributed by atoms with E-state index in [1.807, 2.05) is 30.3 Å².